The molecule has 4 unspecified atom stereocenters. The summed E-state index contributed by atoms with van der Waals surface area (Å²) in [6.07, 6.45) is 7.03. The SMILES string of the molecule is CC(=O)CC(C=O)NC(=O)CN1C(=O)[C@@H](NC(=O)C2=CC3NC=NC3C=C2)CN(C(=O)CO)c2ccccc21.CC(=O)CC(C=O)NC(=O)CN1C(=O)[C@@H](NC(=O)c2cc3ccccc3[nH]2)CN(C(=O)CO)c2ccccc21. The summed E-state index contributed by atoms with van der Waals surface area (Å²) in [6, 6.07) is 16.4. The number of aldehydes is 2. The standard InChI is InChI=1S/C27H27N5O7.C26H28N6O7/c1-16(35)10-18(14-33)28-24(36)13-32-23-9-5-4-8-22(23)31(25(37)15-34)12-21(27(32)39)30-26(38)20-11-17-6-2-3-7-19(17)29-20;1-15(35)8-17(12-33)29-23(36)11-32-22-5-3-2-4-21(22)31(24(37)13-34)10-20(26(32)39)30-25(38)16-6-7-18-19(9-16)28-14-27-18/h2-9,11,14,18,21,29,34H,10,12-13,15H2,1H3,(H,28,36)(H,30,38);2-7,9,12,14,17-20,34H,8,10-11,13H2,1H3,(H,27,28)(H,29,36)(H,30,38)/t18?,21-;17?,18?,19?,20-/m00/s1. The molecule has 4 aromatic rings. The fourth-order valence-electron chi connectivity index (χ4n) is 9.03. The number of rotatable bonds is 18. The summed E-state index contributed by atoms with van der Waals surface area (Å²) in [7, 11) is 0. The molecule has 0 bridgehead atoms. The number of benzene rings is 3. The number of Topliss-reactive ketones (excluding diaryl/α,β-unsaturated/α-hetero) is 2. The Bertz CT molecular complexity index is 3120. The fraction of sp³-hybridized carbons (Fsp3) is 0.302. The predicted molar refractivity (Wildman–Crippen MR) is 281 cm³/mol. The van der Waals surface area contributed by atoms with Gasteiger partial charge in [-0.1, -0.05) is 54.6 Å². The van der Waals surface area contributed by atoms with Crippen molar-refractivity contribution >= 4 is 111 Å². The van der Waals surface area contributed by atoms with Gasteiger partial charge in [-0.3, -0.25) is 62.7 Å². The highest BCUT2D eigenvalue weighted by molar-refractivity contribution is 6.13. The van der Waals surface area contributed by atoms with Crippen LogP contribution in [0.1, 0.15) is 37.2 Å². The van der Waals surface area contributed by atoms with Crippen molar-refractivity contribution in [2.45, 2.75) is 62.9 Å². The number of H-pyrrole nitrogens is 1. The Morgan fingerprint density at radius 1 is 0.679 bits per heavy atom. The van der Waals surface area contributed by atoms with Crippen molar-refractivity contribution in [1.29, 1.82) is 0 Å². The zero-order chi connectivity index (χ0) is 56.2. The maximum Gasteiger partial charge on any atom is 0.268 e. The number of aliphatic hydroxyl groups excluding tert-OH is 2. The number of carbonyl (C=O) groups is 12. The van der Waals surface area contributed by atoms with Gasteiger partial charge in [0.25, 0.3) is 35.4 Å². The third kappa shape index (κ3) is 13.3. The lowest BCUT2D eigenvalue weighted by Crippen LogP contribution is -2.55. The minimum atomic E-state index is -1.29. The highest BCUT2D eigenvalue weighted by atomic mass is 16.3. The number of para-hydroxylation sites is 5. The van der Waals surface area contributed by atoms with Crippen molar-refractivity contribution in [2.75, 3.05) is 59.0 Å². The average molecular weight is 1070 g/mol. The molecule has 3 aliphatic heterocycles. The lowest BCUT2D eigenvalue weighted by atomic mass is 9.98. The molecule has 25 heteroatoms. The van der Waals surface area contributed by atoms with E-state index in [9.17, 15) is 67.7 Å². The van der Waals surface area contributed by atoms with Gasteiger partial charge < -0.3 is 61.2 Å². The second kappa shape index (κ2) is 25.4. The number of aromatic amines is 1. The molecule has 0 saturated carbocycles. The zero-order valence-corrected chi connectivity index (χ0v) is 42.1. The van der Waals surface area contributed by atoms with Gasteiger partial charge in [0.05, 0.1) is 66.3 Å². The van der Waals surface area contributed by atoms with Crippen LogP contribution in [0.25, 0.3) is 10.9 Å². The summed E-state index contributed by atoms with van der Waals surface area (Å²) in [6.45, 7) is -0.854. The molecule has 0 fully saturated rings. The van der Waals surface area contributed by atoms with E-state index >= 15 is 0 Å². The second-order valence-electron chi connectivity index (χ2n) is 18.3. The molecule has 4 aliphatic rings. The maximum absolute atomic E-state index is 13.8. The van der Waals surface area contributed by atoms with Gasteiger partial charge in [0.15, 0.2) is 0 Å². The molecular formula is C53H55N11O14. The molecule has 0 spiro atoms. The number of carbonyl (C=O) groups excluding carboxylic acids is 12. The Balaban J connectivity index is 0.000000226. The number of ketones is 2. The van der Waals surface area contributed by atoms with E-state index in [0.29, 0.717) is 18.1 Å². The molecule has 6 atom stereocenters. The van der Waals surface area contributed by atoms with Crippen LogP contribution in [0.3, 0.4) is 0 Å². The molecule has 0 saturated heterocycles. The lowest BCUT2D eigenvalue weighted by molar-refractivity contribution is -0.128. The number of hydrogen-bond donors (Lipinski definition) is 8. The molecule has 1 aromatic heterocycles. The second-order valence-corrected chi connectivity index (χ2v) is 18.3. The van der Waals surface area contributed by atoms with E-state index in [2.05, 4.69) is 36.6 Å². The first-order valence-electron chi connectivity index (χ1n) is 24.4. The number of fused-ring (bicyclic) bond motifs is 4. The third-order valence-corrected chi connectivity index (χ3v) is 12.7. The van der Waals surface area contributed by atoms with Gasteiger partial charge in [-0.05, 0) is 56.3 Å². The summed E-state index contributed by atoms with van der Waals surface area (Å²) >= 11 is 0. The van der Waals surface area contributed by atoms with Crippen LogP contribution in [-0.4, -0.2) is 169 Å². The van der Waals surface area contributed by atoms with Crippen LogP contribution in [0, 0.1) is 0 Å². The first-order chi connectivity index (χ1) is 37.4. The largest absolute Gasteiger partial charge is 0.387 e. The van der Waals surface area contributed by atoms with Crippen molar-refractivity contribution in [3.63, 3.8) is 0 Å². The van der Waals surface area contributed by atoms with Crippen LogP contribution >= 0.6 is 0 Å². The van der Waals surface area contributed by atoms with Crippen LogP contribution in [-0.2, 0) is 52.7 Å². The topological polar surface area (TPSA) is 347 Å². The molecule has 406 valence electrons. The molecule has 3 aromatic carbocycles. The Morgan fingerprint density at radius 2 is 1.15 bits per heavy atom. The maximum atomic E-state index is 13.8. The number of nitrogens with zero attached hydrogens (tertiary/aromatic N) is 5. The Hall–Kier alpha value is -9.49. The number of aliphatic imine (C=N–C) groups is 1. The van der Waals surface area contributed by atoms with Crippen LogP contribution in [0.2, 0.25) is 0 Å². The monoisotopic (exact) mass is 1070 g/mol. The molecule has 8 N–H and O–H groups in total. The van der Waals surface area contributed by atoms with E-state index in [4.69, 9.17) is 0 Å². The van der Waals surface area contributed by atoms with Gasteiger partial charge in [0.1, 0.15) is 68.2 Å². The summed E-state index contributed by atoms with van der Waals surface area (Å²) in [5.41, 5.74) is 2.06. The summed E-state index contributed by atoms with van der Waals surface area (Å²) < 4.78 is 0. The normalized spacial score (nSPS) is 18.9. The van der Waals surface area contributed by atoms with Gasteiger partial charge in [-0.25, -0.2) is 0 Å². The predicted octanol–water partition coefficient (Wildman–Crippen LogP) is -1.33. The van der Waals surface area contributed by atoms with Crippen molar-refractivity contribution in [1.82, 2.24) is 31.6 Å². The highest BCUT2D eigenvalue weighted by Gasteiger charge is 2.40. The molecule has 4 heterocycles. The molecule has 8 rings (SSSR count). The fourth-order valence-corrected chi connectivity index (χ4v) is 9.03. The van der Waals surface area contributed by atoms with Crippen molar-refractivity contribution in [2.24, 2.45) is 4.99 Å². The molecule has 8 amide bonds. The minimum absolute atomic E-state index is 0.138. The Morgan fingerprint density at radius 3 is 1.63 bits per heavy atom. The first kappa shape index (κ1) is 56.2. The Labute approximate surface area is 444 Å². The zero-order valence-electron chi connectivity index (χ0n) is 42.1. The average Bonchev–Trinajstić information content (AvgIpc) is 4.07. The van der Waals surface area contributed by atoms with Gasteiger partial charge in [0, 0.05) is 29.3 Å². The third-order valence-electron chi connectivity index (χ3n) is 12.7. The summed E-state index contributed by atoms with van der Waals surface area (Å²) in [5.74, 6) is -6.05. The summed E-state index contributed by atoms with van der Waals surface area (Å²) in [4.78, 5) is 162. The van der Waals surface area contributed by atoms with Crippen molar-refractivity contribution in [3.05, 3.63) is 108 Å². The molecule has 78 heavy (non-hydrogen) atoms. The van der Waals surface area contributed by atoms with E-state index in [1.54, 1.807) is 79.2 Å². The van der Waals surface area contributed by atoms with E-state index in [1.165, 1.54) is 35.8 Å². The number of aromatic nitrogens is 1. The van der Waals surface area contributed by atoms with E-state index in [0.717, 1.165) is 15.2 Å². The van der Waals surface area contributed by atoms with Gasteiger partial charge >= 0.3 is 0 Å². The number of nitrogens with one attached hydrogen (secondary N) is 6. The van der Waals surface area contributed by atoms with Gasteiger partial charge in [0.2, 0.25) is 11.8 Å². The molecule has 25 nitrogen and oxygen atoms in total. The van der Waals surface area contributed by atoms with Crippen LogP contribution < -0.4 is 46.2 Å². The van der Waals surface area contributed by atoms with E-state index in [1.807, 2.05) is 12.1 Å². The van der Waals surface area contributed by atoms with Crippen LogP contribution in [0.15, 0.2) is 108 Å². The van der Waals surface area contributed by atoms with Gasteiger partial charge in [-0.15, -0.1) is 0 Å². The van der Waals surface area contributed by atoms with Crippen LogP contribution in [0.5, 0.6) is 0 Å². The van der Waals surface area contributed by atoms with Crippen molar-refractivity contribution < 1.29 is 67.7 Å². The molecular weight excluding hydrogens is 1010 g/mol. The van der Waals surface area contributed by atoms with Crippen LogP contribution in [0.4, 0.5) is 22.7 Å². The smallest absolute Gasteiger partial charge is 0.268 e. The van der Waals surface area contributed by atoms with Crippen molar-refractivity contribution in [3.8, 4) is 0 Å². The highest BCUT2D eigenvalue weighted by Crippen LogP contribution is 2.35. The number of hydrogen-bond acceptors (Lipinski definition) is 16. The number of aliphatic hydroxyl groups is 2. The number of amides is 8. The molecule has 0 radical (unpaired) electrons. The minimum Gasteiger partial charge on any atom is -0.387 e. The van der Waals surface area contributed by atoms with E-state index in [-0.39, 0.29) is 83.6 Å². The molecule has 1 aliphatic carbocycles. The van der Waals surface area contributed by atoms with E-state index < -0.39 is 97.7 Å². The number of anilines is 4. The quantitative estimate of drug-likeness (QED) is 0.0536. The lowest BCUT2D eigenvalue weighted by Gasteiger charge is -2.26. The van der Waals surface area contributed by atoms with Gasteiger partial charge in [-0.2, -0.15) is 0 Å². The first-order valence-corrected chi connectivity index (χ1v) is 24.4. The Kier molecular flexibility index (Phi) is 18.3. The summed E-state index contributed by atoms with van der Waals surface area (Å²) in [5, 5.41) is 33.2.